The van der Waals surface area contributed by atoms with Crippen molar-refractivity contribution in [3.8, 4) is 0 Å². The van der Waals surface area contributed by atoms with Crippen molar-refractivity contribution >= 4 is 33.4 Å². The zero-order chi connectivity index (χ0) is 14.7. The molecule has 1 aromatic rings. The molecule has 0 heterocycles. The van der Waals surface area contributed by atoms with E-state index in [4.69, 9.17) is 0 Å². The number of likely N-dealkylation sites (N-methyl/N-ethyl adjacent to an activating group) is 1. The number of carbonyl (C=O) groups excluding carboxylic acids is 2. The van der Waals surface area contributed by atoms with E-state index >= 15 is 0 Å². The molecule has 1 aromatic carbocycles. The van der Waals surface area contributed by atoms with Gasteiger partial charge in [-0.3, -0.25) is 9.59 Å². The molecule has 1 aliphatic rings. The van der Waals surface area contributed by atoms with Crippen LogP contribution < -0.4 is 5.32 Å². The third-order valence-corrected chi connectivity index (χ3v) is 4.17. The average molecular weight is 339 g/mol. The molecule has 0 unspecified atom stereocenters. The molecule has 2 rings (SSSR count). The summed E-state index contributed by atoms with van der Waals surface area (Å²) in [5.41, 5.74) is 1.77. The number of nitrogens with zero attached hydrogens (tertiary/aromatic N) is 1. The third-order valence-electron chi connectivity index (χ3n) is 3.67. The maximum absolute atomic E-state index is 12.0. The van der Waals surface area contributed by atoms with Crippen molar-refractivity contribution < 1.29 is 9.59 Å². The minimum Gasteiger partial charge on any atom is -0.336 e. The van der Waals surface area contributed by atoms with Gasteiger partial charge in [0.2, 0.25) is 11.8 Å². The Morgan fingerprint density at radius 1 is 1.40 bits per heavy atom. The largest absolute Gasteiger partial charge is 0.336 e. The molecule has 4 nitrogen and oxygen atoms in total. The van der Waals surface area contributed by atoms with Crippen LogP contribution in [0.15, 0.2) is 22.7 Å². The summed E-state index contributed by atoms with van der Waals surface area (Å²) >= 11 is 3.39. The summed E-state index contributed by atoms with van der Waals surface area (Å²) in [4.78, 5) is 25.5. The molecule has 1 N–H and O–H groups in total. The number of rotatable bonds is 4. The molecular weight excluding hydrogens is 320 g/mol. The number of amides is 2. The van der Waals surface area contributed by atoms with Crippen LogP contribution in [-0.4, -0.2) is 30.3 Å². The maximum atomic E-state index is 12.0. The monoisotopic (exact) mass is 338 g/mol. The summed E-state index contributed by atoms with van der Waals surface area (Å²) in [6.45, 7) is 2.04. The van der Waals surface area contributed by atoms with E-state index in [1.807, 2.05) is 25.1 Å². The number of aryl methyl sites for hydroxylation is 1. The number of hydrogen-bond donors (Lipinski definition) is 1. The highest BCUT2D eigenvalue weighted by molar-refractivity contribution is 9.10. The van der Waals surface area contributed by atoms with Crippen molar-refractivity contribution in [2.75, 3.05) is 18.9 Å². The number of halogens is 1. The zero-order valence-corrected chi connectivity index (χ0v) is 13.4. The summed E-state index contributed by atoms with van der Waals surface area (Å²) in [5, 5.41) is 2.84. The predicted molar refractivity (Wildman–Crippen MR) is 82.5 cm³/mol. The highest BCUT2D eigenvalue weighted by atomic mass is 79.9. The lowest BCUT2D eigenvalue weighted by Gasteiger charge is -2.28. The van der Waals surface area contributed by atoms with Gasteiger partial charge in [-0.1, -0.05) is 22.4 Å². The molecule has 0 atom stereocenters. The lowest BCUT2D eigenvalue weighted by atomic mass is 9.84. The van der Waals surface area contributed by atoms with Crippen molar-refractivity contribution in [3.63, 3.8) is 0 Å². The van der Waals surface area contributed by atoms with Gasteiger partial charge in [-0.05, 0) is 43.5 Å². The molecule has 0 bridgehead atoms. The van der Waals surface area contributed by atoms with Crippen LogP contribution in [0.4, 0.5) is 5.69 Å². The van der Waals surface area contributed by atoms with E-state index in [0.29, 0.717) is 0 Å². The topological polar surface area (TPSA) is 49.4 Å². The molecule has 0 aromatic heterocycles. The van der Waals surface area contributed by atoms with E-state index in [1.54, 1.807) is 7.05 Å². The van der Waals surface area contributed by atoms with E-state index in [1.165, 1.54) is 4.90 Å². The first-order valence-electron chi connectivity index (χ1n) is 6.78. The second kappa shape index (κ2) is 6.39. The van der Waals surface area contributed by atoms with Crippen LogP contribution >= 0.6 is 15.9 Å². The summed E-state index contributed by atoms with van der Waals surface area (Å²) in [7, 11) is 1.69. The lowest BCUT2D eigenvalue weighted by Crippen LogP contribution is -2.40. The summed E-state index contributed by atoms with van der Waals surface area (Å²) in [5.74, 6) is 0.0479. The van der Waals surface area contributed by atoms with Gasteiger partial charge in [0.25, 0.3) is 0 Å². The number of nitrogens with one attached hydrogen (secondary N) is 1. The van der Waals surface area contributed by atoms with Gasteiger partial charge in [0.1, 0.15) is 0 Å². The summed E-state index contributed by atoms with van der Waals surface area (Å²) in [6.07, 6.45) is 3.03. The molecule has 108 valence electrons. The SMILES string of the molecule is Cc1cc(Br)ccc1NC(=O)CN(C)C(=O)C1CCC1. The Hall–Kier alpha value is -1.36. The first-order valence-corrected chi connectivity index (χ1v) is 7.57. The molecule has 0 spiro atoms. The van der Waals surface area contributed by atoms with Crippen LogP contribution in [0.25, 0.3) is 0 Å². The Morgan fingerprint density at radius 3 is 2.65 bits per heavy atom. The van der Waals surface area contributed by atoms with Gasteiger partial charge in [-0.15, -0.1) is 0 Å². The fourth-order valence-corrected chi connectivity index (χ4v) is 2.69. The molecule has 1 fully saturated rings. The minimum absolute atomic E-state index is 0.0823. The van der Waals surface area contributed by atoms with E-state index in [-0.39, 0.29) is 24.3 Å². The highest BCUT2D eigenvalue weighted by Crippen LogP contribution is 2.27. The van der Waals surface area contributed by atoms with E-state index < -0.39 is 0 Å². The number of carbonyl (C=O) groups is 2. The number of anilines is 1. The van der Waals surface area contributed by atoms with Gasteiger partial charge in [0.05, 0.1) is 6.54 Å². The molecule has 2 amide bonds. The van der Waals surface area contributed by atoms with Crippen LogP contribution in [-0.2, 0) is 9.59 Å². The highest BCUT2D eigenvalue weighted by Gasteiger charge is 2.28. The Bertz CT molecular complexity index is 527. The molecule has 1 aliphatic carbocycles. The van der Waals surface area contributed by atoms with Gasteiger partial charge in [-0.2, -0.15) is 0 Å². The average Bonchev–Trinajstić information content (AvgIpc) is 2.30. The minimum atomic E-state index is -0.161. The first kappa shape index (κ1) is 15.0. The smallest absolute Gasteiger partial charge is 0.243 e. The molecule has 5 heteroatoms. The first-order chi connectivity index (χ1) is 9.47. The number of hydrogen-bond acceptors (Lipinski definition) is 2. The Balaban J connectivity index is 1.89. The Kier molecular flexibility index (Phi) is 4.81. The summed E-state index contributed by atoms with van der Waals surface area (Å²) < 4.78 is 0.977. The van der Waals surface area contributed by atoms with Gasteiger partial charge in [-0.25, -0.2) is 0 Å². The van der Waals surface area contributed by atoms with E-state index in [2.05, 4.69) is 21.2 Å². The predicted octanol–water partition coefficient (Wildman–Crippen LogP) is 2.95. The molecule has 0 radical (unpaired) electrons. The van der Waals surface area contributed by atoms with Gasteiger partial charge in [0, 0.05) is 23.1 Å². The Morgan fingerprint density at radius 2 is 2.10 bits per heavy atom. The zero-order valence-electron chi connectivity index (χ0n) is 11.8. The standard InChI is InChI=1S/C15H19BrN2O2/c1-10-8-12(16)6-7-13(10)17-14(19)9-18(2)15(20)11-4-3-5-11/h6-8,11H,3-5,9H2,1-2H3,(H,17,19). The van der Waals surface area contributed by atoms with Gasteiger partial charge < -0.3 is 10.2 Å². The van der Waals surface area contributed by atoms with E-state index in [9.17, 15) is 9.59 Å². The fraction of sp³-hybridized carbons (Fsp3) is 0.467. The van der Waals surface area contributed by atoms with Crippen LogP contribution in [0, 0.1) is 12.8 Å². The van der Waals surface area contributed by atoms with Crippen LogP contribution in [0.5, 0.6) is 0 Å². The van der Waals surface area contributed by atoms with E-state index in [0.717, 1.165) is 35.0 Å². The van der Waals surface area contributed by atoms with Crippen LogP contribution in [0.1, 0.15) is 24.8 Å². The van der Waals surface area contributed by atoms with Crippen molar-refractivity contribution in [2.45, 2.75) is 26.2 Å². The molecular formula is C15H19BrN2O2. The molecule has 0 aliphatic heterocycles. The quantitative estimate of drug-likeness (QED) is 0.917. The molecule has 1 saturated carbocycles. The molecule has 20 heavy (non-hydrogen) atoms. The van der Waals surface area contributed by atoms with Gasteiger partial charge in [0.15, 0.2) is 0 Å². The maximum Gasteiger partial charge on any atom is 0.243 e. The van der Waals surface area contributed by atoms with Crippen LogP contribution in [0.3, 0.4) is 0 Å². The summed E-state index contributed by atoms with van der Waals surface area (Å²) in [6, 6.07) is 5.68. The van der Waals surface area contributed by atoms with Gasteiger partial charge >= 0.3 is 0 Å². The second-order valence-corrected chi connectivity index (χ2v) is 6.25. The number of benzene rings is 1. The fourth-order valence-electron chi connectivity index (χ4n) is 2.22. The van der Waals surface area contributed by atoms with Crippen molar-refractivity contribution in [2.24, 2.45) is 5.92 Å². The normalized spacial score (nSPS) is 14.6. The van der Waals surface area contributed by atoms with Crippen molar-refractivity contribution in [3.05, 3.63) is 28.2 Å². The molecule has 0 saturated heterocycles. The lowest BCUT2D eigenvalue weighted by molar-refractivity contribution is -0.139. The van der Waals surface area contributed by atoms with Crippen molar-refractivity contribution in [1.82, 2.24) is 4.90 Å². The Labute approximate surface area is 127 Å². The van der Waals surface area contributed by atoms with Crippen molar-refractivity contribution in [1.29, 1.82) is 0 Å². The third kappa shape index (κ3) is 3.60. The second-order valence-electron chi connectivity index (χ2n) is 5.33. The van der Waals surface area contributed by atoms with Crippen LogP contribution in [0.2, 0.25) is 0 Å².